The molecule has 4 rings (SSSR count). The van der Waals surface area contributed by atoms with Crippen molar-refractivity contribution in [1.29, 1.82) is 0 Å². The molecule has 3 atom stereocenters. The first-order valence-corrected chi connectivity index (χ1v) is 15.9. The van der Waals surface area contributed by atoms with Gasteiger partial charge < -0.3 is 0 Å². The Bertz CT molecular complexity index is 637. The Morgan fingerprint density at radius 3 is 2.41 bits per heavy atom. The van der Waals surface area contributed by atoms with Crippen molar-refractivity contribution in [1.82, 2.24) is 36.9 Å². The van der Waals surface area contributed by atoms with E-state index in [0.717, 1.165) is 58.9 Å². The number of unbranched alkanes of at least 4 members (excludes halogenated alkanes) is 1. The van der Waals surface area contributed by atoms with E-state index < -0.39 is 13.9 Å². The van der Waals surface area contributed by atoms with E-state index in [0.29, 0.717) is 17.0 Å². The van der Waals surface area contributed by atoms with Crippen LogP contribution in [0, 0.1) is 0 Å². The van der Waals surface area contributed by atoms with E-state index in [1.54, 1.807) is 0 Å². The van der Waals surface area contributed by atoms with Crippen LogP contribution >= 0.6 is 0 Å². The maximum atomic E-state index is 4.74. The Morgan fingerprint density at radius 2 is 1.53 bits per heavy atom. The molecule has 1 aromatic rings. The minimum atomic E-state index is -1.03. The van der Waals surface area contributed by atoms with E-state index >= 15 is 0 Å². The molecule has 3 aliphatic heterocycles. The minimum absolute atomic E-state index is 0.381. The molecule has 0 bridgehead atoms. The molecule has 0 amide bonds. The van der Waals surface area contributed by atoms with Crippen LogP contribution < -0.4 is 36.4 Å². The molecular weight excluding hydrogens is 465 g/mol. The topological polar surface area (TPSA) is 85.1 Å². The standard InChI is InChI=1S/C24H44N7Se/c1(6-21-16-25-7-3-10-29-21)2-13-32(24-19-27-9-5-12-31-24)22-14-20(15-28-17-22)23-18-26-8-4-11-30-23/h14-15,17,21,23-27,29-31H,1-13,16,18-19H2. The van der Waals surface area contributed by atoms with Gasteiger partial charge in [0.1, 0.15) is 0 Å². The Kier molecular flexibility index (Phi) is 10.7. The van der Waals surface area contributed by atoms with Gasteiger partial charge in [-0.15, -0.1) is 0 Å². The van der Waals surface area contributed by atoms with Crippen LogP contribution in [0.2, 0.25) is 5.32 Å². The van der Waals surface area contributed by atoms with Crippen molar-refractivity contribution in [3.05, 3.63) is 24.0 Å². The molecule has 181 valence electrons. The summed E-state index contributed by atoms with van der Waals surface area (Å²) in [5.74, 6) is 0. The van der Waals surface area contributed by atoms with E-state index in [2.05, 4.69) is 50.4 Å². The Labute approximate surface area is 198 Å². The molecule has 4 heterocycles. The fourth-order valence-electron chi connectivity index (χ4n) is 4.94. The molecule has 0 spiro atoms. The van der Waals surface area contributed by atoms with Crippen LogP contribution in [0.4, 0.5) is 0 Å². The second-order valence-corrected chi connectivity index (χ2v) is 14.2. The van der Waals surface area contributed by atoms with Gasteiger partial charge in [0.25, 0.3) is 0 Å². The predicted molar refractivity (Wildman–Crippen MR) is 135 cm³/mol. The van der Waals surface area contributed by atoms with Crippen LogP contribution in [-0.2, 0) is 0 Å². The summed E-state index contributed by atoms with van der Waals surface area (Å²) in [5, 5.41) is 23.5. The molecule has 7 nitrogen and oxygen atoms in total. The molecule has 1 aromatic heterocycles. The Hall–Kier alpha value is -0.571. The van der Waals surface area contributed by atoms with Gasteiger partial charge in [0.15, 0.2) is 0 Å². The first kappa shape index (κ1) is 24.6. The second-order valence-electron chi connectivity index (χ2n) is 9.36. The number of rotatable bonds is 8. The fourth-order valence-corrected chi connectivity index (χ4v) is 10.2. The summed E-state index contributed by atoms with van der Waals surface area (Å²) >= 11 is -1.03. The number of pyridine rings is 1. The van der Waals surface area contributed by atoms with Gasteiger partial charge in [-0.25, -0.2) is 0 Å². The first-order chi connectivity index (χ1) is 15.9. The van der Waals surface area contributed by atoms with Crippen molar-refractivity contribution in [2.24, 2.45) is 0 Å². The van der Waals surface area contributed by atoms with Crippen LogP contribution in [-0.4, -0.2) is 88.8 Å². The van der Waals surface area contributed by atoms with Gasteiger partial charge in [0.05, 0.1) is 0 Å². The van der Waals surface area contributed by atoms with Crippen molar-refractivity contribution >= 4 is 18.4 Å². The molecule has 6 N–H and O–H groups in total. The summed E-state index contributed by atoms with van der Waals surface area (Å²) in [6.07, 6.45) is 11.9. The molecule has 3 unspecified atom stereocenters. The third-order valence-corrected chi connectivity index (χ3v) is 12.2. The monoisotopic (exact) mass is 510 g/mol. The molecule has 1 radical (unpaired) electrons. The molecule has 0 aliphatic carbocycles. The van der Waals surface area contributed by atoms with Gasteiger partial charge >= 0.3 is 199 Å². The van der Waals surface area contributed by atoms with E-state index in [4.69, 9.17) is 4.98 Å². The predicted octanol–water partition coefficient (Wildman–Crippen LogP) is 0.0199. The van der Waals surface area contributed by atoms with Crippen molar-refractivity contribution in [2.45, 2.75) is 60.9 Å². The number of nitrogens with one attached hydrogen (secondary N) is 6. The van der Waals surface area contributed by atoms with Gasteiger partial charge in [-0.05, 0) is 0 Å². The fraction of sp³-hybridized carbons (Fsp3) is 0.792. The van der Waals surface area contributed by atoms with Gasteiger partial charge in [-0.1, -0.05) is 0 Å². The van der Waals surface area contributed by atoms with Crippen LogP contribution in [0.1, 0.15) is 50.1 Å². The molecule has 3 saturated heterocycles. The van der Waals surface area contributed by atoms with Gasteiger partial charge in [0, 0.05) is 0 Å². The normalized spacial score (nSPS) is 28.1. The molecule has 0 aromatic carbocycles. The Morgan fingerprint density at radius 1 is 0.781 bits per heavy atom. The zero-order valence-corrected chi connectivity index (χ0v) is 21.3. The summed E-state index contributed by atoms with van der Waals surface area (Å²) in [6.45, 7) is 10.0. The summed E-state index contributed by atoms with van der Waals surface area (Å²) < 4.78 is 1.53. The number of aromatic nitrogens is 1. The number of hydrogen-bond acceptors (Lipinski definition) is 7. The molecular formula is C24H44N7Se. The average molecular weight is 510 g/mol. The van der Waals surface area contributed by atoms with Gasteiger partial charge in [-0.3, -0.25) is 0 Å². The third-order valence-electron chi connectivity index (χ3n) is 6.81. The van der Waals surface area contributed by atoms with Crippen LogP contribution in [0.5, 0.6) is 0 Å². The molecule has 3 fully saturated rings. The van der Waals surface area contributed by atoms with E-state index in [9.17, 15) is 0 Å². The number of hydrogen-bond donors (Lipinski definition) is 6. The SMILES string of the molecule is c1ncc([Se](CCCCC2CNCCCN2)C2CNCCCN2)cc1C1CNCCCN1. The van der Waals surface area contributed by atoms with Crippen LogP contribution in [0.15, 0.2) is 18.5 Å². The maximum absolute atomic E-state index is 4.74. The summed E-state index contributed by atoms with van der Waals surface area (Å²) in [5.41, 5.74) is 1.36. The van der Waals surface area contributed by atoms with Crippen molar-refractivity contribution < 1.29 is 0 Å². The van der Waals surface area contributed by atoms with E-state index in [1.807, 2.05) is 0 Å². The van der Waals surface area contributed by atoms with Crippen molar-refractivity contribution in [2.75, 3.05) is 58.9 Å². The van der Waals surface area contributed by atoms with Crippen LogP contribution in [0.25, 0.3) is 0 Å². The van der Waals surface area contributed by atoms with E-state index in [1.165, 1.54) is 53.9 Å². The molecule has 0 saturated carbocycles. The first-order valence-electron chi connectivity index (χ1n) is 12.9. The zero-order chi connectivity index (χ0) is 21.8. The zero-order valence-electron chi connectivity index (χ0n) is 19.6. The van der Waals surface area contributed by atoms with Gasteiger partial charge in [0.2, 0.25) is 0 Å². The van der Waals surface area contributed by atoms with Crippen LogP contribution in [0.3, 0.4) is 0 Å². The summed E-state index contributed by atoms with van der Waals surface area (Å²) in [7, 11) is 0. The van der Waals surface area contributed by atoms with E-state index in [-0.39, 0.29) is 0 Å². The molecule has 3 aliphatic rings. The summed E-state index contributed by atoms with van der Waals surface area (Å²) in [4.78, 5) is 5.34. The third kappa shape index (κ3) is 7.74. The molecule has 32 heavy (non-hydrogen) atoms. The average Bonchev–Trinajstić information content (AvgIpc) is 3.36. The van der Waals surface area contributed by atoms with Crippen molar-refractivity contribution in [3.8, 4) is 0 Å². The Balaban J connectivity index is 1.40. The second kappa shape index (κ2) is 14.0. The van der Waals surface area contributed by atoms with Crippen molar-refractivity contribution in [3.63, 3.8) is 0 Å². The molecule has 8 heteroatoms. The summed E-state index contributed by atoms with van der Waals surface area (Å²) in [6, 6.07) is 3.52. The van der Waals surface area contributed by atoms with Gasteiger partial charge in [-0.2, -0.15) is 0 Å². The number of nitrogens with zero attached hydrogens (tertiary/aromatic N) is 1. The quantitative estimate of drug-likeness (QED) is 0.218.